The highest BCUT2D eigenvalue weighted by molar-refractivity contribution is 7.87. The van der Waals surface area contributed by atoms with E-state index in [1.807, 2.05) is 26.0 Å². The normalized spacial score (nSPS) is 12.2. The Bertz CT molecular complexity index is 1170. The van der Waals surface area contributed by atoms with Crippen LogP contribution in [0.1, 0.15) is 22.4 Å². The largest absolute Gasteiger partial charge is 0.416 e. The van der Waals surface area contributed by atoms with Crippen LogP contribution in [0.25, 0.3) is 5.69 Å². The quantitative estimate of drug-likeness (QED) is 0.531. The van der Waals surface area contributed by atoms with Gasteiger partial charge in [-0.1, -0.05) is 23.8 Å². The van der Waals surface area contributed by atoms with Crippen molar-refractivity contribution in [2.75, 3.05) is 7.11 Å². The van der Waals surface area contributed by atoms with Crippen molar-refractivity contribution in [3.05, 3.63) is 70.9 Å². The smallest absolute Gasteiger partial charge is 0.378 e. The van der Waals surface area contributed by atoms with Gasteiger partial charge in [0.15, 0.2) is 0 Å². The average molecular weight is 440 g/mol. The molecule has 3 aromatic rings. The number of halogens is 3. The molecule has 3 rings (SSSR count). The molecule has 0 aliphatic heterocycles. The molecule has 0 aliphatic carbocycles. The molecule has 2 aromatic carbocycles. The van der Waals surface area contributed by atoms with Gasteiger partial charge in [-0.15, -0.1) is 0 Å². The summed E-state index contributed by atoms with van der Waals surface area (Å²) in [5, 5.41) is 4.32. The topological polar surface area (TPSA) is 70.4 Å². The van der Waals surface area contributed by atoms with Crippen LogP contribution in [0.3, 0.4) is 0 Å². The molecule has 0 unspecified atom stereocenters. The van der Waals surface area contributed by atoms with Gasteiger partial charge in [0.05, 0.1) is 23.6 Å². The van der Waals surface area contributed by atoms with Crippen LogP contribution in [-0.2, 0) is 27.6 Å². The molecular weight excluding hydrogens is 421 g/mol. The van der Waals surface area contributed by atoms with Gasteiger partial charge >= 0.3 is 16.3 Å². The summed E-state index contributed by atoms with van der Waals surface area (Å²) in [6.07, 6.45) is -4.68. The minimum absolute atomic E-state index is 0.0951. The molecule has 6 nitrogen and oxygen atoms in total. The van der Waals surface area contributed by atoms with Crippen molar-refractivity contribution in [3.8, 4) is 11.6 Å². The monoisotopic (exact) mass is 440 g/mol. The first-order valence-corrected chi connectivity index (χ1v) is 10.2. The molecule has 0 spiro atoms. The summed E-state index contributed by atoms with van der Waals surface area (Å²) >= 11 is 0. The van der Waals surface area contributed by atoms with E-state index in [4.69, 9.17) is 8.92 Å². The minimum atomic E-state index is -4.68. The van der Waals surface area contributed by atoms with Gasteiger partial charge in [0.2, 0.25) is 5.88 Å². The van der Waals surface area contributed by atoms with E-state index in [2.05, 4.69) is 5.10 Å². The Hall–Kier alpha value is -2.85. The SMILES string of the molecule is COCc1cc(OS(=O)(=O)c2cccc(C(F)(F)F)c2)n(-c2ccc(C)cc2C)n1. The minimum Gasteiger partial charge on any atom is -0.378 e. The number of alkyl halides is 3. The Balaban J connectivity index is 2.05. The van der Waals surface area contributed by atoms with Crippen LogP contribution in [0.4, 0.5) is 13.2 Å². The molecule has 0 saturated heterocycles. The average Bonchev–Trinajstić information content (AvgIpc) is 3.03. The fourth-order valence-electron chi connectivity index (χ4n) is 2.89. The summed E-state index contributed by atoms with van der Waals surface area (Å²) in [5.74, 6) is -0.161. The van der Waals surface area contributed by atoms with Gasteiger partial charge in [0.25, 0.3) is 0 Å². The van der Waals surface area contributed by atoms with Gasteiger partial charge in [0, 0.05) is 13.2 Å². The van der Waals surface area contributed by atoms with Crippen LogP contribution in [0.15, 0.2) is 53.4 Å². The third-order valence-electron chi connectivity index (χ3n) is 4.25. The summed E-state index contributed by atoms with van der Waals surface area (Å²) in [5.41, 5.74) is 1.68. The maximum atomic E-state index is 13.0. The highest BCUT2D eigenvalue weighted by Crippen LogP contribution is 2.32. The lowest BCUT2D eigenvalue weighted by atomic mass is 10.1. The van der Waals surface area contributed by atoms with Gasteiger partial charge in [0.1, 0.15) is 4.90 Å². The molecule has 30 heavy (non-hydrogen) atoms. The summed E-state index contributed by atoms with van der Waals surface area (Å²) in [7, 11) is -3.10. The highest BCUT2D eigenvalue weighted by atomic mass is 32.2. The first kappa shape index (κ1) is 21.8. The standard InChI is InChI=1S/C20H19F3N2O4S/c1-13-7-8-18(14(2)9-13)25-19(11-16(24-25)12-28-3)29-30(26,27)17-6-4-5-15(10-17)20(21,22)23/h4-11H,12H2,1-3H3. The molecule has 0 bridgehead atoms. The van der Waals surface area contributed by atoms with Crippen molar-refractivity contribution in [1.82, 2.24) is 9.78 Å². The van der Waals surface area contributed by atoms with Crippen LogP contribution in [-0.4, -0.2) is 25.3 Å². The maximum absolute atomic E-state index is 13.0. The summed E-state index contributed by atoms with van der Waals surface area (Å²) in [6.45, 7) is 3.83. The lowest BCUT2D eigenvalue weighted by Crippen LogP contribution is -2.14. The van der Waals surface area contributed by atoms with E-state index in [-0.39, 0.29) is 12.5 Å². The van der Waals surface area contributed by atoms with E-state index in [0.29, 0.717) is 17.4 Å². The molecule has 0 fully saturated rings. The number of benzene rings is 2. The number of hydrogen-bond acceptors (Lipinski definition) is 5. The zero-order chi connectivity index (χ0) is 22.1. The van der Waals surface area contributed by atoms with Gasteiger partial charge < -0.3 is 8.92 Å². The third kappa shape index (κ3) is 4.65. The zero-order valence-corrected chi connectivity index (χ0v) is 17.2. The second-order valence-electron chi connectivity index (χ2n) is 6.67. The predicted molar refractivity (Wildman–Crippen MR) is 103 cm³/mol. The molecule has 1 heterocycles. The molecule has 1 aromatic heterocycles. The molecule has 0 atom stereocenters. The Morgan fingerprint density at radius 2 is 1.80 bits per heavy atom. The van der Waals surface area contributed by atoms with Gasteiger partial charge in [-0.05, 0) is 43.7 Å². The summed E-state index contributed by atoms with van der Waals surface area (Å²) < 4.78 is 75.9. The van der Waals surface area contributed by atoms with Crippen LogP contribution >= 0.6 is 0 Å². The van der Waals surface area contributed by atoms with Crippen molar-refractivity contribution in [1.29, 1.82) is 0 Å². The van der Waals surface area contributed by atoms with Gasteiger partial charge in [-0.3, -0.25) is 0 Å². The van der Waals surface area contributed by atoms with Crippen LogP contribution in [0.2, 0.25) is 0 Å². The van der Waals surface area contributed by atoms with Crippen molar-refractivity contribution in [2.45, 2.75) is 31.5 Å². The zero-order valence-electron chi connectivity index (χ0n) is 16.4. The fraction of sp³-hybridized carbons (Fsp3) is 0.250. The van der Waals surface area contributed by atoms with Gasteiger partial charge in [-0.25, -0.2) is 0 Å². The second-order valence-corrected chi connectivity index (χ2v) is 8.22. The molecule has 0 aliphatic rings. The molecule has 0 N–H and O–H groups in total. The molecule has 0 amide bonds. The predicted octanol–water partition coefficient (Wildman–Crippen LogP) is 4.42. The van der Waals surface area contributed by atoms with E-state index >= 15 is 0 Å². The van der Waals surface area contributed by atoms with E-state index in [0.717, 1.165) is 29.3 Å². The summed E-state index contributed by atoms with van der Waals surface area (Å²) in [4.78, 5) is -0.612. The molecule has 0 radical (unpaired) electrons. The molecule has 0 saturated carbocycles. The highest BCUT2D eigenvalue weighted by Gasteiger charge is 2.32. The van der Waals surface area contributed by atoms with Crippen molar-refractivity contribution in [3.63, 3.8) is 0 Å². The molecular formula is C20H19F3N2O4S. The van der Waals surface area contributed by atoms with Crippen molar-refractivity contribution < 1.29 is 30.5 Å². The van der Waals surface area contributed by atoms with E-state index in [9.17, 15) is 21.6 Å². The van der Waals surface area contributed by atoms with E-state index < -0.39 is 26.8 Å². The third-order valence-corrected chi connectivity index (χ3v) is 5.47. The lowest BCUT2D eigenvalue weighted by molar-refractivity contribution is -0.137. The van der Waals surface area contributed by atoms with E-state index in [1.165, 1.54) is 17.9 Å². The number of methoxy groups -OCH3 is 1. The Labute approximate surface area is 172 Å². The second kappa shape index (κ2) is 8.11. The Morgan fingerprint density at radius 1 is 1.07 bits per heavy atom. The first-order valence-electron chi connectivity index (χ1n) is 8.78. The van der Waals surface area contributed by atoms with Crippen LogP contribution in [0, 0.1) is 13.8 Å². The number of aryl methyl sites for hydroxylation is 2. The van der Waals surface area contributed by atoms with Crippen LogP contribution < -0.4 is 4.18 Å². The number of rotatable bonds is 6. The Morgan fingerprint density at radius 3 is 2.43 bits per heavy atom. The number of nitrogens with zero attached hydrogens (tertiary/aromatic N) is 2. The number of aromatic nitrogens is 2. The van der Waals surface area contributed by atoms with Crippen LogP contribution in [0.5, 0.6) is 5.88 Å². The van der Waals surface area contributed by atoms with Gasteiger partial charge in [-0.2, -0.15) is 31.4 Å². The summed E-state index contributed by atoms with van der Waals surface area (Å²) in [6, 6.07) is 10.2. The number of ether oxygens (including phenoxy) is 1. The van der Waals surface area contributed by atoms with E-state index in [1.54, 1.807) is 6.07 Å². The first-order chi connectivity index (χ1) is 14.0. The number of hydrogen-bond donors (Lipinski definition) is 0. The lowest BCUT2D eigenvalue weighted by Gasteiger charge is -2.13. The maximum Gasteiger partial charge on any atom is 0.416 e. The Kier molecular flexibility index (Phi) is 5.91. The van der Waals surface area contributed by atoms with Crippen molar-refractivity contribution >= 4 is 10.1 Å². The molecule has 160 valence electrons. The van der Waals surface area contributed by atoms with Crippen molar-refractivity contribution in [2.24, 2.45) is 0 Å². The fourth-order valence-corrected chi connectivity index (χ4v) is 3.85. The molecule has 10 heteroatoms.